The first kappa shape index (κ1) is 75.9. The average Bonchev–Trinajstić information content (AvgIpc) is 3.45. The molecule has 456 valence electrons. The van der Waals surface area contributed by atoms with Gasteiger partial charge in [0.15, 0.2) is 6.10 Å². The maximum Gasteiger partial charge on any atom is 0.472 e. The van der Waals surface area contributed by atoms with E-state index in [-0.39, 0.29) is 25.9 Å². The summed E-state index contributed by atoms with van der Waals surface area (Å²) in [5.41, 5.74) is 0. The molecule has 12 heteroatoms. The molecule has 0 aliphatic rings. The minimum Gasteiger partial charge on any atom is -0.462 e. The van der Waals surface area contributed by atoms with E-state index in [0.29, 0.717) is 19.3 Å². The minimum absolute atomic E-state index is 0.141. The highest BCUT2D eigenvalue weighted by Crippen LogP contribution is 2.43. The van der Waals surface area contributed by atoms with E-state index in [2.05, 4.69) is 142 Å². The second-order valence-corrected chi connectivity index (χ2v) is 21.9. The normalized spacial score (nSPS) is 14.1. The van der Waals surface area contributed by atoms with E-state index in [1.807, 2.05) is 0 Å². The van der Waals surface area contributed by atoms with Gasteiger partial charge in [0, 0.05) is 19.3 Å². The summed E-state index contributed by atoms with van der Waals surface area (Å²) in [5.74, 6) is -1.52. The van der Waals surface area contributed by atoms with Crippen LogP contribution in [-0.2, 0) is 42.2 Å². The van der Waals surface area contributed by atoms with Crippen molar-refractivity contribution in [3.05, 3.63) is 122 Å². The Morgan fingerprint density at radius 2 is 0.650 bits per heavy atom. The number of esters is 3. The van der Waals surface area contributed by atoms with E-state index in [1.54, 1.807) is 0 Å². The summed E-state index contributed by atoms with van der Waals surface area (Å²) in [4.78, 5) is 48.7. The summed E-state index contributed by atoms with van der Waals surface area (Å²) in [6.45, 7) is 4.35. The molecular weight excluding hydrogens is 1020 g/mol. The summed E-state index contributed by atoms with van der Waals surface area (Å²) >= 11 is 0. The lowest BCUT2D eigenvalue weighted by molar-refractivity contribution is -0.161. The highest BCUT2D eigenvalue weighted by atomic mass is 31.2. The molecule has 0 aromatic heterocycles. The molecule has 0 spiro atoms. The molecule has 0 aliphatic carbocycles. The molecular formula is C68H113O11P. The van der Waals surface area contributed by atoms with Crippen molar-refractivity contribution in [2.45, 2.75) is 264 Å². The number of phosphoric ester groups is 1. The van der Waals surface area contributed by atoms with Crippen LogP contribution in [0.2, 0.25) is 0 Å². The molecule has 0 rings (SSSR count). The van der Waals surface area contributed by atoms with Gasteiger partial charge in [-0.25, -0.2) is 4.57 Å². The lowest BCUT2D eigenvalue weighted by Crippen LogP contribution is -2.30. The van der Waals surface area contributed by atoms with Gasteiger partial charge in [-0.2, -0.15) is 0 Å². The molecule has 11 nitrogen and oxygen atoms in total. The average molecular weight is 1140 g/mol. The minimum atomic E-state index is -4.77. The van der Waals surface area contributed by atoms with Gasteiger partial charge in [-0.15, -0.1) is 0 Å². The smallest absolute Gasteiger partial charge is 0.462 e. The maximum absolute atomic E-state index is 13.0. The summed E-state index contributed by atoms with van der Waals surface area (Å²) in [6.07, 6.45) is 75.7. The molecule has 0 saturated heterocycles. The van der Waals surface area contributed by atoms with Crippen LogP contribution in [0.4, 0.5) is 0 Å². The van der Waals surface area contributed by atoms with Crippen molar-refractivity contribution in [2.75, 3.05) is 26.4 Å². The standard InChI is InChI=1S/C68H113O11P/c1-4-7-10-13-16-19-22-25-28-31-32-35-38-41-44-47-50-53-56-59-68(72)79-65(61-75-66(70)57-54-51-48-45-42-39-36-33-29-26-23-20-17-14-11-8-5-2)63-77-80(73,74)76-62-64(60-69)78-67(71)58-55-52-49-46-43-40-37-34-30-27-24-21-18-15-12-9-6-3/h8-9,11-12,16-21,25-30,32,35-36,39,64-65,69H,4-7,10,13-15,22-24,31,33-34,37-38,40-63H2,1-3H3,(H,73,74)/b11-8-,12-9-,19-16-,20-17-,21-18-,28-25-,29-26-,30-27-,35-32-,39-36-. The molecule has 3 atom stereocenters. The van der Waals surface area contributed by atoms with Gasteiger partial charge in [-0.05, 0) is 128 Å². The second kappa shape index (κ2) is 61.0. The Bertz CT molecular complexity index is 1800. The molecule has 0 radical (unpaired) electrons. The summed E-state index contributed by atoms with van der Waals surface area (Å²) in [5, 5.41) is 9.85. The molecule has 0 aromatic carbocycles. The van der Waals surface area contributed by atoms with Crippen LogP contribution in [0.25, 0.3) is 0 Å². The van der Waals surface area contributed by atoms with Crippen molar-refractivity contribution in [1.82, 2.24) is 0 Å². The van der Waals surface area contributed by atoms with Gasteiger partial charge in [0.05, 0.1) is 19.8 Å². The van der Waals surface area contributed by atoms with Crippen LogP contribution in [0.1, 0.15) is 252 Å². The number of phosphoric acid groups is 1. The number of unbranched alkanes of at least 4 members (excludes halogenated alkanes) is 20. The van der Waals surface area contributed by atoms with Crippen LogP contribution in [0.3, 0.4) is 0 Å². The maximum atomic E-state index is 13.0. The van der Waals surface area contributed by atoms with Crippen molar-refractivity contribution in [3.63, 3.8) is 0 Å². The van der Waals surface area contributed by atoms with Crippen LogP contribution in [0.15, 0.2) is 122 Å². The molecule has 80 heavy (non-hydrogen) atoms. The number of hydrogen-bond acceptors (Lipinski definition) is 10. The van der Waals surface area contributed by atoms with Crippen LogP contribution in [-0.4, -0.2) is 66.5 Å². The molecule has 0 fully saturated rings. The quantitative estimate of drug-likeness (QED) is 0.0197. The Morgan fingerprint density at radius 3 is 1.00 bits per heavy atom. The van der Waals surface area contributed by atoms with Crippen LogP contribution in [0, 0.1) is 0 Å². The number of carbonyl (C=O) groups excluding carboxylic acids is 3. The van der Waals surface area contributed by atoms with Crippen molar-refractivity contribution in [1.29, 1.82) is 0 Å². The fourth-order valence-corrected chi connectivity index (χ4v) is 8.92. The van der Waals surface area contributed by atoms with Gasteiger partial charge in [0.1, 0.15) is 12.7 Å². The Kier molecular flexibility index (Phi) is 57.8. The zero-order valence-electron chi connectivity index (χ0n) is 50.5. The zero-order chi connectivity index (χ0) is 58.3. The van der Waals surface area contributed by atoms with Crippen LogP contribution >= 0.6 is 7.82 Å². The number of allylic oxidation sites excluding steroid dienone is 20. The number of hydrogen-bond donors (Lipinski definition) is 2. The number of aliphatic hydroxyl groups excluding tert-OH is 1. The summed E-state index contributed by atoms with van der Waals surface area (Å²) in [6, 6.07) is 0. The predicted octanol–water partition coefficient (Wildman–Crippen LogP) is 19.1. The highest BCUT2D eigenvalue weighted by molar-refractivity contribution is 7.47. The van der Waals surface area contributed by atoms with Gasteiger partial charge < -0.3 is 24.2 Å². The Balaban J connectivity index is 4.79. The van der Waals surface area contributed by atoms with Crippen molar-refractivity contribution < 1.29 is 52.2 Å². The Hall–Kier alpha value is -4.12. The number of ether oxygens (including phenoxy) is 3. The number of rotatable bonds is 57. The van der Waals surface area contributed by atoms with Gasteiger partial charge in [-0.3, -0.25) is 23.4 Å². The molecule has 0 aromatic rings. The molecule has 2 N–H and O–H groups in total. The number of aliphatic hydroxyl groups is 1. The predicted molar refractivity (Wildman–Crippen MR) is 334 cm³/mol. The lowest BCUT2D eigenvalue weighted by atomic mass is 10.1. The highest BCUT2D eigenvalue weighted by Gasteiger charge is 2.28. The van der Waals surface area contributed by atoms with E-state index >= 15 is 0 Å². The molecule has 0 heterocycles. The molecule has 0 saturated carbocycles. The largest absolute Gasteiger partial charge is 0.472 e. The van der Waals surface area contributed by atoms with E-state index in [4.69, 9.17) is 23.3 Å². The van der Waals surface area contributed by atoms with E-state index in [0.717, 1.165) is 161 Å². The monoisotopic (exact) mass is 1140 g/mol. The lowest BCUT2D eigenvalue weighted by Gasteiger charge is -2.21. The third kappa shape index (κ3) is 58.5. The number of carbonyl (C=O) groups is 3. The van der Waals surface area contributed by atoms with Crippen molar-refractivity contribution in [2.24, 2.45) is 0 Å². The third-order valence-electron chi connectivity index (χ3n) is 12.8. The molecule has 0 aliphatic heterocycles. The topological polar surface area (TPSA) is 155 Å². The zero-order valence-corrected chi connectivity index (χ0v) is 51.4. The first-order chi connectivity index (χ1) is 39.2. The Morgan fingerprint density at radius 1 is 0.362 bits per heavy atom. The van der Waals surface area contributed by atoms with E-state index in [1.165, 1.54) is 32.1 Å². The summed E-state index contributed by atoms with van der Waals surface area (Å²) in [7, 11) is -4.77. The Labute approximate surface area is 487 Å². The molecule has 3 unspecified atom stereocenters. The fraction of sp³-hybridized carbons (Fsp3) is 0.662. The SMILES string of the molecule is CC/C=C\C/C=C\C/C=C\C/C=C\CCCCCCC(=O)OCC(COP(=O)(O)OCC(CO)OC(=O)CCCCCCCCC/C=C\C/C=C\C/C=C\CC)OC(=O)CCCCCCCC/C=C\C/C=C\C/C=C\CCCCC. The first-order valence-corrected chi connectivity index (χ1v) is 32.9. The fourth-order valence-electron chi connectivity index (χ4n) is 8.13. The third-order valence-corrected chi connectivity index (χ3v) is 13.8. The van der Waals surface area contributed by atoms with Gasteiger partial charge >= 0.3 is 25.7 Å². The van der Waals surface area contributed by atoms with Gasteiger partial charge in [-0.1, -0.05) is 226 Å². The van der Waals surface area contributed by atoms with Gasteiger partial charge in [0.25, 0.3) is 0 Å². The molecule has 0 bridgehead atoms. The van der Waals surface area contributed by atoms with Crippen LogP contribution < -0.4 is 0 Å². The molecule has 0 amide bonds. The van der Waals surface area contributed by atoms with Crippen molar-refractivity contribution in [3.8, 4) is 0 Å². The van der Waals surface area contributed by atoms with Crippen molar-refractivity contribution >= 4 is 25.7 Å². The summed E-state index contributed by atoms with van der Waals surface area (Å²) < 4.78 is 39.6. The van der Waals surface area contributed by atoms with Gasteiger partial charge in [0.2, 0.25) is 0 Å². The van der Waals surface area contributed by atoms with Crippen LogP contribution in [0.5, 0.6) is 0 Å². The van der Waals surface area contributed by atoms with E-state index in [9.17, 15) is 28.9 Å². The van der Waals surface area contributed by atoms with E-state index < -0.39 is 57.8 Å². The second-order valence-electron chi connectivity index (χ2n) is 20.5. The first-order valence-electron chi connectivity index (χ1n) is 31.4.